The molecule has 5 heteroatoms. The summed E-state index contributed by atoms with van der Waals surface area (Å²) in [6, 6.07) is 6.65. The van der Waals surface area contributed by atoms with Crippen molar-refractivity contribution in [1.29, 1.82) is 0 Å². The van der Waals surface area contributed by atoms with Gasteiger partial charge < -0.3 is 19.1 Å². The van der Waals surface area contributed by atoms with E-state index in [1.807, 2.05) is 0 Å². The second-order valence-electron chi connectivity index (χ2n) is 7.92. The van der Waals surface area contributed by atoms with Crippen LogP contribution < -0.4 is 10.4 Å². The summed E-state index contributed by atoms with van der Waals surface area (Å²) in [4.78, 5) is 4.84. The van der Waals surface area contributed by atoms with E-state index in [2.05, 4.69) is 69.7 Å². The van der Waals surface area contributed by atoms with Crippen LogP contribution in [0.5, 0.6) is 0 Å². The Bertz CT molecular complexity index is 564. The van der Waals surface area contributed by atoms with Crippen LogP contribution in [0.25, 0.3) is 0 Å². The molecule has 0 amide bonds. The molecule has 0 N–H and O–H groups in total. The van der Waals surface area contributed by atoms with Gasteiger partial charge in [0, 0.05) is 31.9 Å². The van der Waals surface area contributed by atoms with Gasteiger partial charge in [0.05, 0.1) is 11.2 Å². The first-order chi connectivity index (χ1) is 10.7. The quantitative estimate of drug-likeness (QED) is 0.780. The smallest absolute Gasteiger partial charge is 0.399 e. The molecule has 0 aliphatic carbocycles. The number of aryl methyl sites for hydroxylation is 1. The number of benzene rings is 1. The van der Waals surface area contributed by atoms with Gasteiger partial charge in [-0.15, -0.1) is 0 Å². The van der Waals surface area contributed by atoms with Crippen molar-refractivity contribution in [1.82, 2.24) is 4.90 Å². The van der Waals surface area contributed by atoms with Gasteiger partial charge in [0.15, 0.2) is 0 Å². The van der Waals surface area contributed by atoms with Crippen LogP contribution in [-0.2, 0) is 9.31 Å². The predicted octanol–water partition coefficient (Wildman–Crippen LogP) is 2.05. The van der Waals surface area contributed by atoms with E-state index in [-0.39, 0.29) is 18.3 Å². The van der Waals surface area contributed by atoms with Gasteiger partial charge in [-0.1, -0.05) is 6.07 Å². The molecule has 3 rings (SSSR count). The summed E-state index contributed by atoms with van der Waals surface area (Å²) in [6.45, 7) is 15.0. The zero-order chi connectivity index (χ0) is 16.8. The van der Waals surface area contributed by atoms with Gasteiger partial charge in [-0.2, -0.15) is 0 Å². The van der Waals surface area contributed by atoms with Crippen molar-refractivity contribution < 1.29 is 9.31 Å². The average Bonchev–Trinajstić information content (AvgIpc) is 2.68. The zero-order valence-electron chi connectivity index (χ0n) is 15.3. The number of hydrogen-bond acceptors (Lipinski definition) is 4. The third-order valence-electron chi connectivity index (χ3n) is 5.63. The molecule has 2 aliphatic rings. The molecular formula is C18H29BN2O2. The van der Waals surface area contributed by atoms with Crippen molar-refractivity contribution in [3.63, 3.8) is 0 Å². The number of nitrogens with zero attached hydrogens (tertiary/aromatic N) is 2. The first-order valence-electron chi connectivity index (χ1n) is 8.59. The van der Waals surface area contributed by atoms with E-state index in [0.29, 0.717) is 0 Å². The van der Waals surface area contributed by atoms with Crippen molar-refractivity contribution in [2.75, 3.05) is 38.1 Å². The molecule has 2 heterocycles. The van der Waals surface area contributed by atoms with E-state index in [0.717, 1.165) is 31.6 Å². The number of rotatable bonds is 2. The van der Waals surface area contributed by atoms with Gasteiger partial charge in [0.25, 0.3) is 0 Å². The van der Waals surface area contributed by atoms with Crippen LogP contribution in [0, 0.1) is 6.92 Å². The largest absolute Gasteiger partial charge is 0.495 e. The van der Waals surface area contributed by atoms with E-state index >= 15 is 0 Å². The highest BCUT2D eigenvalue weighted by Crippen LogP contribution is 2.36. The summed E-state index contributed by atoms with van der Waals surface area (Å²) < 4.78 is 12.4. The maximum Gasteiger partial charge on any atom is 0.495 e. The summed E-state index contributed by atoms with van der Waals surface area (Å²) in [5.74, 6) is 0. The van der Waals surface area contributed by atoms with Gasteiger partial charge in [-0.25, -0.2) is 0 Å². The maximum absolute atomic E-state index is 6.19. The lowest BCUT2D eigenvalue weighted by Gasteiger charge is -2.34. The van der Waals surface area contributed by atoms with Gasteiger partial charge in [0.1, 0.15) is 0 Å². The maximum atomic E-state index is 6.19. The molecule has 23 heavy (non-hydrogen) atoms. The summed E-state index contributed by atoms with van der Waals surface area (Å²) >= 11 is 0. The average molecular weight is 316 g/mol. The summed E-state index contributed by atoms with van der Waals surface area (Å²) in [5, 5.41) is 0. The van der Waals surface area contributed by atoms with Crippen molar-refractivity contribution in [3.05, 3.63) is 23.8 Å². The molecule has 0 spiro atoms. The van der Waals surface area contributed by atoms with Crippen LogP contribution in [0.4, 0.5) is 5.69 Å². The van der Waals surface area contributed by atoms with Crippen LogP contribution in [0.2, 0.25) is 0 Å². The lowest BCUT2D eigenvalue weighted by Crippen LogP contribution is -2.44. The number of hydrogen-bond donors (Lipinski definition) is 0. The Morgan fingerprint density at radius 2 is 1.52 bits per heavy atom. The minimum absolute atomic E-state index is 0.276. The van der Waals surface area contributed by atoms with Gasteiger partial charge >= 0.3 is 7.12 Å². The van der Waals surface area contributed by atoms with Crippen LogP contribution in [0.3, 0.4) is 0 Å². The molecule has 0 radical (unpaired) electrons. The Kier molecular flexibility index (Phi) is 4.24. The van der Waals surface area contributed by atoms with Crippen molar-refractivity contribution in [3.8, 4) is 0 Å². The molecule has 0 bridgehead atoms. The predicted molar refractivity (Wildman–Crippen MR) is 96.6 cm³/mol. The molecule has 2 aliphatic heterocycles. The monoisotopic (exact) mass is 316 g/mol. The van der Waals surface area contributed by atoms with Crippen LogP contribution >= 0.6 is 0 Å². The van der Waals surface area contributed by atoms with Crippen LogP contribution in [0.15, 0.2) is 18.2 Å². The molecule has 1 aromatic carbocycles. The van der Waals surface area contributed by atoms with Crippen molar-refractivity contribution in [2.24, 2.45) is 0 Å². The van der Waals surface area contributed by atoms with Crippen molar-refractivity contribution >= 4 is 18.3 Å². The molecule has 2 saturated heterocycles. The SMILES string of the molecule is Cc1cc(N2CCN(C)CC2)ccc1B1OC(C)(C)C(C)(C)O1. The third-order valence-corrected chi connectivity index (χ3v) is 5.63. The Morgan fingerprint density at radius 1 is 0.957 bits per heavy atom. The molecule has 0 unspecified atom stereocenters. The molecule has 126 valence electrons. The number of anilines is 1. The second kappa shape index (κ2) is 5.80. The Balaban J connectivity index is 1.78. The minimum atomic E-state index is -0.291. The minimum Gasteiger partial charge on any atom is -0.399 e. The van der Waals surface area contributed by atoms with E-state index in [1.165, 1.54) is 11.3 Å². The fourth-order valence-corrected chi connectivity index (χ4v) is 3.16. The molecule has 2 fully saturated rings. The molecule has 0 atom stereocenters. The number of piperazine rings is 1. The van der Waals surface area contributed by atoms with E-state index < -0.39 is 0 Å². The normalized spacial score (nSPS) is 24.3. The van der Waals surface area contributed by atoms with Gasteiger partial charge in [-0.05, 0) is 64.8 Å². The van der Waals surface area contributed by atoms with E-state index in [9.17, 15) is 0 Å². The van der Waals surface area contributed by atoms with Crippen molar-refractivity contribution in [2.45, 2.75) is 45.8 Å². The van der Waals surface area contributed by atoms with Gasteiger partial charge in [-0.3, -0.25) is 0 Å². The Hall–Kier alpha value is -1.04. The molecule has 0 saturated carbocycles. The Labute approximate surface area is 140 Å². The summed E-state index contributed by atoms with van der Waals surface area (Å²) in [7, 11) is 1.91. The van der Waals surface area contributed by atoms with E-state index in [1.54, 1.807) is 0 Å². The van der Waals surface area contributed by atoms with Crippen LogP contribution in [-0.4, -0.2) is 56.4 Å². The molecule has 4 nitrogen and oxygen atoms in total. The highest BCUT2D eigenvalue weighted by Gasteiger charge is 2.52. The fourth-order valence-electron chi connectivity index (χ4n) is 3.16. The molecule has 1 aromatic rings. The summed E-state index contributed by atoms with van der Waals surface area (Å²) in [5.41, 5.74) is 3.10. The number of likely N-dealkylation sites (N-methyl/N-ethyl adjacent to an activating group) is 1. The highest BCUT2D eigenvalue weighted by molar-refractivity contribution is 6.62. The first kappa shape index (κ1) is 16.8. The summed E-state index contributed by atoms with van der Waals surface area (Å²) in [6.07, 6.45) is 0. The lowest BCUT2D eigenvalue weighted by atomic mass is 9.76. The van der Waals surface area contributed by atoms with E-state index in [4.69, 9.17) is 9.31 Å². The molecular weight excluding hydrogens is 287 g/mol. The Morgan fingerprint density at radius 3 is 2.04 bits per heavy atom. The second-order valence-corrected chi connectivity index (χ2v) is 7.92. The zero-order valence-corrected chi connectivity index (χ0v) is 15.3. The fraction of sp³-hybridized carbons (Fsp3) is 0.667. The topological polar surface area (TPSA) is 24.9 Å². The molecule has 0 aromatic heterocycles. The lowest BCUT2D eigenvalue weighted by molar-refractivity contribution is 0.00578. The van der Waals surface area contributed by atoms with Crippen LogP contribution in [0.1, 0.15) is 33.3 Å². The standard InChI is InChI=1S/C18H29BN2O2/c1-14-13-15(21-11-9-20(6)10-12-21)7-8-16(14)19-22-17(2,3)18(4,5)23-19/h7-8,13H,9-12H2,1-6H3. The first-order valence-corrected chi connectivity index (χ1v) is 8.59. The highest BCUT2D eigenvalue weighted by atomic mass is 16.7. The van der Waals surface area contributed by atoms with Gasteiger partial charge in [0.2, 0.25) is 0 Å². The third kappa shape index (κ3) is 3.15.